The average molecular weight is 465 g/mol. The van der Waals surface area contributed by atoms with Gasteiger partial charge in [-0.15, -0.1) is 0 Å². The standard InChI is InChI=1S/C25H24N2O5S/c1-16-10-17(2)23-13-20(25(29)26-24(23)11-16)14-27(15-21-7-5-9-32-21)33(30,31)22-8-4-6-19(12-22)18(3)28/h4-13H,14-15H2,1-3H3,(H,26,29). The molecule has 8 heteroatoms. The summed E-state index contributed by atoms with van der Waals surface area (Å²) in [6.45, 7) is 5.05. The minimum Gasteiger partial charge on any atom is -0.468 e. The Hall–Kier alpha value is -3.49. The summed E-state index contributed by atoms with van der Waals surface area (Å²) in [4.78, 5) is 27.5. The van der Waals surface area contributed by atoms with Crippen molar-refractivity contribution in [3.05, 3.63) is 99.2 Å². The second kappa shape index (κ2) is 8.80. The van der Waals surface area contributed by atoms with E-state index in [2.05, 4.69) is 4.98 Å². The Bertz CT molecular complexity index is 1500. The zero-order valence-corrected chi connectivity index (χ0v) is 19.4. The van der Waals surface area contributed by atoms with Gasteiger partial charge in [0.25, 0.3) is 5.56 Å². The number of hydrogen-bond acceptors (Lipinski definition) is 5. The number of Topliss-reactive ketones (excluding diaryl/α,β-unsaturated/α-hetero) is 1. The van der Waals surface area contributed by atoms with Crippen LogP contribution in [0.1, 0.15) is 39.7 Å². The lowest BCUT2D eigenvalue weighted by molar-refractivity contribution is 0.101. The molecule has 33 heavy (non-hydrogen) atoms. The Labute approximate surface area is 191 Å². The summed E-state index contributed by atoms with van der Waals surface area (Å²) in [5, 5.41) is 0.851. The van der Waals surface area contributed by atoms with Crippen LogP contribution >= 0.6 is 0 Å². The van der Waals surface area contributed by atoms with Crippen molar-refractivity contribution in [3.63, 3.8) is 0 Å². The molecular weight excluding hydrogens is 440 g/mol. The molecule has 2 aromatic carbocycles. The lowest BCUT2D eigenvalue weighted by Crippen LogP contribution is -2.32. The maximum absolute atomic E-state index is 13.6. The highest BCUT2D eigenvalue weighted by molar-refractivity contribution is 7.89. The minimum atomic E-state index is -4.05. The number of hydrogen-bond donors (Lipinski definition) is 1. The third kappa shape index (κ3) is 4.67. The molecule has 0 radical (unpaired) electrons. The van der Waals surface area contributed by atoms with Crippen LogP contribution in [0.15, 0.2) is 75.0 Å². The van der Waals surface area contributed by atoms with E-state index < -0.39 is 10.0 Å². The van der Waals surface area contributed by atoms with Crippen LogP contribution in [0, 0.1) is 13.8 Å². The van der Waals surface area contributed by atoms with Crippen molar-refractivity contribution >= 4 is 26.7 Å². The molecule has 0 aliphatic rings. The van der Waals surface area contributed by atoms with E-state index in [4.69, 9.17) is 4.42 Å². The molecule has 7 nitrogen and oxygen atoms in total. The molecule has 0 unspecified atom stereocenters. The third-order valence-electron chi connectivity index (χ3n) is 5.53. The van der Waals surface area contributed by atoms with E-state index in [1.807, 2.05) is 26.0 Å². The third-order valence-corrected chi connectivity index (χ3v) is 7.31. The Morgan fingerprint density at radius 1 is 1.03 bits per heavy atom. The van der Waals surface area contributed by atoms with Crippen LogP contribution < -0.4 is 5.56 Å². The first-order valence-electron chi connectivity index (χ1n) is 10.4. The topological polar surface area (TPSA) is 100 Å². The van der Waals surface area contributed by atoms with Crippen LogP contribution in [0.5, 0.6) is 0 Å². The molecule has 2 aromatic heterocycles. The summed E-state index contributed by atoms with van der Waals surface area (Å²) >= 11 is 0. The summed E-state index contributed by atoms with van der Waals surface area (Å²) < 4.78 is 33.7. The van der Waals surface area contributed by atoms with Crippen LogP contribution in [0.4, 0.5) is 0 Å². The number of aromatic nitrogens is 1. The number of nitrogens with one attached hydrogen (secondary N) is 1. The molecule has 0 spiro atoms. The smallest absolute Gasteiger partial charge is 0.252 e. The molecule has 2 heterocycles. The van der Waals surface area contributed by atoms with E-state index in [0.29, 0.717) is 22.4 Å². The van der Waals surface area contributed by atoms with Crippen molar-refractivity contribution in [1.82, 2.24) is 9.29 Å². The maximum Gasteiger partial charge on any atom is 0.252 e. The number of ketones is 1. The summed E-state index contributed by atoms with van der Waals surface area (Å²) in [5.41, 5.74) is 2.96. The Morgan fingerprint density at radius 2 is 1.82 bits per heavy atom. The molecule has 4 aromatic rings. The summed E-state index contributed by atoms with van der Waals surface area (Å²) in [5.74, 6) is 0.201. The first kappa shape index (κ1) is 22.7. The number of carbonyl (C=O) groups is 1. The van der Waals surface area contributed by atoms with Crippen LogP contribution in [0.3, 0.4) is 0 Å². The molecule has 0 amide bonds. The number of fused-ring (bicyclic) bond motifs is 1. The van der Waals surface area contributed by atoms with Gasteiger partial charge in [-0.2, -0.15) is 4.31 Å². The van der Waals surface area contributed by atoms with Crippen molar-refractivity contribution in [2.45, 2.75) is 38.8 Å². The predicted molar refractivity (Wildman–Crippen MR) is 126 cm³/mol. The molecule has 0 fully saturated rings. The Kier molecular flexibility index (Phi) is 6.05. The van der Waals surface area contributed by atoms with E-state index >= 15 is 0 Å². The van der Waals surface area contributed by atoms with Gasteiger partial charge >= 0.3 is 0 Å². The number of rotatable bonds is 7. The average Bonchev–Trinajstić information content (AvgIpc) is 3.27. The van der Waals surface area contributed by atoms with Crippen molar-refractivity contribution in [2.75, 3.05) is 0 Å². The largest absolute Gasteiger partial charge is 0.468 e. The molecule has 0 atom stereocenters. The van der Waals surface area contributed by atoms with Gasteiger partial charge in [0.05, 0.1) is 17.7 Å². The van der Waals surface area contributed by atoms with Gasteiger partial charge in [-0.05, 0) is 68.3 Å². The highest BCUT2D eigenvalue weighted by Crippen LogP contribution is 2.24. The van der Waals surface area contributed by atoms with Crippen molar-refractivity contribution < 1.29 is 17.6 Å². The number of aromatic amines is 1. The molecular formula is C25H24N2O5S. The van der Waals surface area contributed by atoms with E-state index in [1.165, 1.54) is 35.7 Å². The number of sulfonamides is 1. The SMILES string of the molecule is CC(=O)c1cccc(S(=O)(=O)N(Cc2ccco2)Cc2cc3c(C)cc(C)cc3[nH]c2=O)c1. The number of nitrogens with zero attached hydrogens (tertiary/aromatic N) is 1. The second-order valence-electron chi connectivity index (χ2n) is 8.10. The molecule has 0 bridgehead atoms. The fraction of sp³-hybridized carbons (Fsp3) is 0.200. The van der Waals surface area contributed by atoms with E-state index in [1.54, 1.807) is 24.3 Å². The van der Waals surface area contributed by atoms with Gasteiger partial charge in [0.15, 0.2) is 5.78 Å². The molecule has 4 rings (SSSR count). The Morgan fingerprint density at radius 3 is 2.52 bits per heavy atom. The first-order chi connectivity index (χ1) is 15.6. The quantitative estimate of drug-likeness (QED) is 0.410. The summed E-state index contributed by atoms with van der Waals surface area (Å²) in [6.07, 6.45) is 1.46. The molecule has 0 saturated carbocycles. The van der Waals surface area contributed by atoms with Crippen LogP contribution in [0.2, 0.25) is 0 Å². The number of pyridine rings is 1. The lowest BCUT2D eigenvalue weighted by atomic mass is 10.0. The van der Waals surface area contributed by atoms with Crippen LogP contribution in [-0.2, 0) is 23.1 Å². The summed E-state index contributed by atoms with van der Waals surface area (Å²) in [7, 11) is -4.05. The fourth-order valence-corrected chi connectivity index (χ4v) is 5.28. The van der Waals surface area contributed by atoms with Gasteiger partial charge in [-0.25, -0.2) is 8.42 Å². The van der Waals surface area contributed by atoms with E-state index in [-0.39, 0.29) is 29.3 Å². The lowest BCUT2D eigenvalue weighted by Gasteiger charge is -2.22. The monoisotopic (exact) mass is 464 g/mol. The van der Waals surface area contributed by atoms with Gasteiger partial charge < -0.3 is 9.40 Å². The predicted octanol–water partition coefficient (Wildman–Crippen LogP) is 4.33. The highest BCUT2D eigenvalue weighted by atomic mass is 32.2. The number of furan rings is 1. The fourth-order valence-electron chi connectivity index (χ4n) is 3.85. The number of carbonyl (C=O) groups excluding carboxylic acids is 1. The zero-order chi connectivity index (χ0) is 23.8. The number of benzene rings is 2. The van der Waals surface area contributed by atoms with E-state index in [0.717, 1.165) is 16.5 Å². The van der Waals surface area contributed by atoms with Crippen LogP contribution in [0.25, 0.3) is 10.9 Å². The van der Waals surface area contributed by atoms with Gasteiger partial charge in [0, 0.05) is 28.6 Å². The molecule has 170 valence electrons. The number of H-pyrrole nitrogens is 1. The molecule has 0 aliphatic heterocycles. The normalized spacial score (nSPS) is 11.9. The maximum atomic E-state index is 13.6. The minimum absolute atomic E-state index is 0.0224. The molecule has 1 N–H and O–H groups in total. The molecule has 0 saturated heterocycles. The molecule has 0 aliphatic carbocycles. The first-order valence-corrected chi connectivity index (χ1v) is 11.9. The van der Waals surface area contributed by atoms with Crippen molar-refractivity contribution in [2.24, 2.45) is 0 Å². The Balaban J connectivity index is 1.80. The van der Waals surface area contributed by atoms with Gasteiger partial charge in [0.1, 0.15) is 5.76 Å². The number of aryl methyl sites for hydroxylation is 2. The van der Waals surface area contributed by atoms with Gasteiger partial charge in [0.2, 0.25) is 10.0 Å². The summed E-state index contributed by atoms with van der Waals surface area (Å²) in [6, 6.07) is 14.9. The van der Waals surface area contributed by atoms with Gasteiger partial charge in [-0.1, -0.05) is 18.2 Å². The second-order valence-corrected chi connectivity index (χ2v) is 10.0. The zero-order valence-electron chi connectivity index (χ0n) is 18.6. The highest BCUT2D eigenvalue weighted by Gasteiger charge is 2.27. The van der Waals surface area contributed by atoms with Crippen molar-refractivity contribution in [3.8, 4) is 0 Å². The van der Waals surface area contributed by atoms with Crippen LogP contribution in [-0.4, -0.2) is 23.5 Å². The van der Waals surface area contributed by atoms with E-state index in [9.17, 15) is 18.0 Å². The van der Waals surface area contributed by atoms with Gasteiger partial charge in [-0.3, -0.25) is 9.59 Å². The van der Waals surface area contributed by atoms with Crippen molar-refractivity contribution in [1.29, 1.82) is 0 Å².